The molecule has 4 rings (SSSR count). The summed E-state index contributed by atoms with van der Waals surface area (Å²) in [5.41, 5.74) is 0.498. The number of hydrogen-bond acceptors (Lipinski definition) is 6. The fourth-order valence-electron chi connectivity index (χ4n) is 2.68. The molecule has 0 fully saturated rings. The van der Waals surface area contributed by atoms with Crippen LogP contribution in [0.4, 0.5) is 0 Å². The van der Waals surface area contributed by atoms with E-state index in [1.54, 1.807) is 5.01 Å². The first-order valence-electron chi connectivity index (χ1n) is 7.42. The van der Waals surface area contributed by atoms with Crippen LogP contribution in [0.3, 0.4) is 0 Å². The number of carbonyl (C=O) groups excluding carboxylic acids is 1. The average Bonchev–Trinajstić information content (AvgIpc) is 3.00. The Bertz CT molecular complexity index is 968. The van der Waals surface area contributed by atoms with Crippen molar-refractivity contribution in [2.45, 2.75) is 13.1 Å². The lowest BCUT2D eigenvalue weighted by Crippen LogP contribution is -2.50. The van der Waals surface area contributed by atoms with Gasteiger partial charge in [-0.2, -0.15) is 0 Å². The molecule has 1 aromatic carbocycles. The molecule has 24 heavy (non-hydrogen) atoms. The average molecular weight is 452 g/mol. The molecular formula is C16H13IN4O2S. The maximum Gasteiger partial charge on any atom is 0.276 e. The predicted octanol–water partition coefficient (Wildman–Crippen LogP) is 1.78. The van der Waals surface area contributed by atoms with Crippen LogP contribution in [-0.4, -0.2) is 21.8 Å². The maximum absolute atomic E-state index is 12.7. The highest BCUT2D eigenvalue weighted by Crippen LogP contribution is 2.31. The molecule has 0 saturated carbocycles. The zero-order valence-corrected chi connectivity index (χ0v) is 15.7. The molecule has 3 heterocycles. The van der Waals surface area contributed by atoms with Crippen LogP contribution in [0, 0.1) is 3.77 Å². The minimum atomic E-state index is -0.489. The Kier molecular flexibility index (Phi) is 4.09. The molecule has 0 bridgehead atoms. The number of benzene rings is 1. The quantitative estimate of drug-likeness (QED) is 0.706. The Balaban J connectivity index is 1.95. The Morgan fingerprint density at radius 3 is 2.92 bits per heavy atom. The number of carbonyl (C=O) groups is 1. The van der Waals surface area contributed by atoms with E-state index >= 15 is 0 Å². The van der Waals surface area contributed by atoms with Crippen molar-refractivity contribution in [2.75, 3.05) is 5.75 Å². The van der Waals surface area contributed by atoms with E-state index in [1.165, 1.54) is 11.8 Å². The minimum Gasteiger partial charge on any atom is -0.451 e. The van der Waals surface area contributed by atoms with E-state index < -0.39 is 6.17 Å². The van der Waals surface area contributed by atoms with Crippen molar-refractivity contribution in [1.82, 2.24) is 10.3 Å². The summed E-state index contributed by atoms with van der Waals surface area (Å²) in [6.07, 6.45) is -0.489. The van der Waals surface area contributed by atoms with Crippen LogP contribution >= 0.6 is 34.4 Å². The van der Waals surface area contributed by atoms with Gasteiger partial charge in [-0.3, -0.25) is 10.1 Å². The van der Waals surface area contributed by atoms with Crippen LogP contribution in [0.2, 0.25) is 0 Å². The number of amidine groups is 1. The molecule has 1 aromatic heterocycles. The molecule has 122 valence electrons. The molecule has 6 nitrogen and oxygen atoms in total. The fourth-order valence-corrected chi connectivity index (χ4v) is 3.70. The number of fused-ring (bicyclic) bond motifs is 2. The first-order chi connectivity index (χ1) is 11.7. The number of para-hydroxylation sites is 1. The SMILES string of the molecule is CCSC1=NN2C(=c3ccccc3=NC2c2ccc(I)o2)C(=O)N1. The van der Waals surface area contributed by atoms with Crippen LogP contribution < -0.4 is 15.9 Å². The summed E-state index contributed by atoms with van der Waals surface area (Å²) in [7, 11) is 0. The predicted molar refractivity (Wildman–Crippen MR) is 100 cm³/mol. The summed E-state index contributed by atoms with van der Waals surface area (Å²) >= 11 is 3.60. The zero-order valence-electron chi connectivity index (χ0n) is 12.7. The van der Waals surface area contributed by atoms with Gasteiger partial charge in [0, 0.05) is 5.22 Å². The number of nitrogens with one attached hydrogen (secondary N) is 1. The number of halogens is 1. The Morgan fingerprint density at radius 1 is 1.33 bits per heavy atom. The summed E-state index contributed by atoms with van der Waals surface area (Å²) in [6, 6.07) is 11.3. The summed E-state index contributed by atoms with van der Waals surface area (Å²) in [6.45, 7) is 2.01. The van der Waals surface area contributed by atoms with E-state index in [9.17, 15) is 4.79 Å². The molecule has 0 saturated heterocycles. The number of hydrogen-bond donors (Lipinski definition) is 1. The molecule has 1 atom stereocenters. The molecule has 8 heteroatoms. The maximum atomic E-state index is 12.7. The van der Waals surface area contributed by atoms with Gasteiger partial charge in [-0.25, -0.2) is 10.0 Å². The number of nitrogens with zero attached hydrogens (tertiary/aromatic N) is 3. The van der Waals surface area contributed by atoms with E-state index in [2.05, 4.69) is 33.0 Å². The second-order valence-electron chi connectivity index (χ2n) is 5.15. The first kappa shape index (κ1) is 15.7. The highest BCUT2D eigenvalue weighted by Gasteiger charge is 2.35. The lowest BCUT2D eigenvalue weighted by molar-refractivity contribution is -0.116. The van der Waals surface area contributed by atoms with E-state index in [0.717, 1.165) is 20.1 Å². The summed E-state index contributed by atoms with van der Waals surface area (Å²) < 4.78 is 6.52. The van der Waals surface area contributed by atoms with Crippen LogP contribution in [0.1, 0.15) is 18.8 Å². The molecule has 0 aliphatic carbocycles. The third-order valence-electron chi connectivity index (χ3n) is 3.64. The van der Waals surface area contributed by atoms with Crippen molar-refractivity contribution < 1.29 is 9.21 Å². The van der Waals surface area contributed by atoms with Crippen molar-refractivity contribution in [3.8, 4) is 0 Å². The fraction of sp³-hybridized carbons (Fsp3) is 0.188. The highest BCUT2D eigenvalue weighted by molar-refractivity contribution is 14.1. The van der Waals surface area contributed by atoms with Gasteiger partial charge in [0.05, 0.1) is 5.36 Å². The lowest BCUT2D eigenvalue weighted by atomic mass is 10.1. The molecule has 1 amide bonds. The topological polar surface area (TPSA) is 70.2 Å². The van der Waals surface area contributed by atoms with Gasteiger partial charge in [0.2, 0.25) is 6.17 Å². The van der Waals surface area contributed by atoms with E-state index in [0.29, 0.717) is 16.6 Å². The van der Waals surface area contributed by atoms with Crippen molar-refractivity contribution in [3.63, 3.8) is 0 Å². The summed E-state index contributed by atoms with van der Waals surface area (Å²) in [5, 5.41) is 11.2. The largest absolute Gasteiger partial charge is 0.451 e. The van der Waals surface area contributed by atoms with Gasteiger partial charge in [-0.05, 0) is 46.5 Å². The third-order valence-corrected chi connectivity index (χ3v) is 4.97. The summed E-state index contributed by atoms with van der Waals surface area (Å²) in [5.74, 6) is 1.31. The molecule has 0 spiro atoms. The second-order valence-corrected chi connectivity index (χ2v) is 7.46. The molecule has 2 aliphatic heterocycles. The van der Waals surface area contributed by atoms with Gasteiger partial charge in [0.15, 0.2) is 14.7 Å². The number of furan rings is 1. The Hall–Kier alpha value is -1.81. The molecule has 2 aliphatic rings. The van der Waals surface area contributed by atoms with Crippen molar-refractivity contribution in [3.05, 3.63) is 56.5 Å². The Labute approximate surface area is 155 Å². The number of thioether (sulfide) groups is 1. The standard InChI is InChI=1S/C16H13IN4O2S/c1-2-24-16-19-15(22)13-9-5-3-4-6-10(9)18-14(21(13)20-16)11-7-8-12(17)23-11/h3-8,14H,2H2,1H3,(H,19,20,22). The Morgan fingerprint density at radius 2 is 2.17 bits per heavy atom. The number of amides is 1. The van der Waals surface area contributed by atoms with Crippen molar-refractivity contribution in [2.24, 2.45) is 10.1 Å². The highest BCUT2D eigenvalue weighted by atomic mass is 127. The van der Waals surface area contributed by atoms with Crippen LogP contribution in [-0.2, 0) is 4.79 Å². The van der Waals surface area contributed by atoms with Crippen LogP contribution in [0.15, 0.2) is 50.9 Å². The number of rotatable bonds is 2. The minimum absolute atomic E-state index is 0.172. The first-order valence-corrected chi connectivity index (χ1v) is 9.48. The van der Waals surface area contributed by atoms with E-state index in [1.807, 2.05) is 43.3 Å². The summed E-state index contributed by atoms with van der Waals surface area (Å²) in [4.78, 5) is 17.5. The van der Waals surface area contributed by atoms with Gasteiger partial charge in [0.1, 0.15) is 5.70 Å². The molecular weight excluding hydrogens is 439 g/mol. The van der Waals surface area contributed by atoms with E-state index in [-0.39, 0.29) is 5.91 Å². The van der Waals surface area contributed by atoms with Gasteiger partial charge in [0.25, 0.3) is 5.91 Å². The third kappa shape index (κ3) is 2.63. The lowest BCUT2D eigenvalue weighted by Gasteiger charge is -2.32. The normalized spacial score (nSPS) is 19.2. The van der Waals surface area contributed by atoms with Gasteiger partial charge < -0.3 is 4.42 Å². The zero-order chi connectivity index (χ0) is 16.7. The van der Waals surface area contributed by atoms with Crippen molar-refractivity contribution >= 4 is 51.1 Å². The van der Waals surface area contributed by atoms with Gasteiger partial charge in [-0.1, -0.05) is 36.9 Å². The molecule has 2 aromatic rings. The monoisotopic (exact) mass is 452 g/mol. The van der Waals surface area contributed by atoms with Gasteiger partial charge in [-0.15, -0.1) is 5.10 Å². The van der Waals surface area contributed by atoms with Crippen LogP contribution in [0.25, 0.3) is 5.70 Å². The smallest absolute Gasteiger partial charge is 0.276 e. The molecule has 0 radical (unpaired) electrons. The van der Waals surface area contributed by atoms with Gasteiger partial charge >= 0.3 is 0 Å². The molecule has 1 unspecified atom stereocenters. The second kappa shape index (κ2) is 6.25. The molecule has 1 N–H and O–H groups in total. The number of hydrazone groups is 1. The van der Waals surface area contributed by atoms with E-state index in [4.69, 9.17) is 9.41 Å². The van der Waals surface area contributed by atoms with Crippen LogP contribution in [0.5, 0.6) is 0 Å². The van der Waals surface area contributed by atoms with Crippen molar-refractivity contribution in [1.29, 1.82) is 0 Å².